The van der Waals surface area contributed by atoms with E-state index >= 15 is 0 Å². The van der Waals surface area contributed by atoms with E-state index in [1.807, 2.05) is 0 Å². The largest absolute Gasteiger partial charge is 0.483 e. The third-order valence-corrected chi connectivity index (χ3v) is 1.91. The smallest absolute Gasteiger partial charge is 0.274 e. The number of primary amides is 1. The summed E-state index contributed by atoms with van der Waals surface area (Å²) >= 11 is 3.09. The summed E-state index contributed by atoms with van der Waals surface area (Å²) < 4.78 is 5.43. The quantitative estimate of drug-likeness (QED) is 0.660. The van der Waals surface area contributed by atoms with Crippen molar-refractivity contribution in [2.45, 2.75) is 0 Å². The highest BCUT2D eigenvalue weighted by Crippen LogP contribution is 2.25. The second kappa shape index (κ2) is 4.74. The number of ether oxygens (including phenoxy) is 1. The zero-order valence-electron chi connectivity index (χ0n) is 7.47. The highest BCUT2D eigenvalue weighted by molar-refractivity contribution is 9.10. The highest BCUT2D eigenvalue weighted by Gasteiger charge is 2.09. The molecule has 15 heavy (non-hydrogen) atoms. The van der Waals surface area contributed by atoms with Crippen LogP contribution >= 0.6 is 15.9 Å². The van der Waals surface area contributed by atoms with Crippen molar-refractivity contribution in [3.63, 3.8) is 0 Å². The van der Waals surface area contributed by atoms with Gasteiger partial charge in [0, 0.05) is 10.5 Å². The average molecular weight is 275 g/mol. The Labute approximate surface area is 93.3 Å². The summed E-state index contributed by atoms with van der Waals surface area (Å²) in [5.74, 6) is -0.424. The summed E-state index contributed by atoms with van der Waals surface area (Å²) in [4.78, 5) is 20.4. The van der Waals surface area contributed by atoms with E-state index in [0.29, 0.717) is 4.47 Å². The van der Waals surface area contributed by atoms with E-state index in [-0.39, 0.29) is 18.0 Å². The molecule has 1 amide bonds. The van der Waals surface area contributed by atoms with Gasteiger partial charge in [-0.05, 0) is 6.07 Å². The molecule has 0 aliphatic carbocycles. The Hall–Kier alpha value is -1.63. The summed E-state index contributed by atoms with van der Waals surface area (Å²) in [5, 5.41) is 10.5. The van der Waals surface area contributed by atoms with Crippen LogP contribution in [-0.4, -0.2) is 17.4 Å². The van der Waals surface area contributed by atoms with Crippen molar-refractivity contribution in [3.05, 3.63) is 32.8 Å². The van der Waals surface area contributed by atoms with Crippen LogP contribution < -0.4 is 10.5 Å². The number of nitro groups is 1. The van der Waals surface area contributed by atoms with Crippen molar-refractivity contribution >= 4 is 27.5 Å². The van der Waals surface area contributed by atoms with Crippen LogP contribution in [0.5, 0.6) is 5.75 Å². The molecule has 0 heterocycles. The molecule has 0 spiro atoms. The average Bonchev–Trinajstić information content (AvgIpc) is 2.13. The normalized spacial score (nSPS) is 9.67. The van der Waals surface area contributed by atoms with Crippen molar-refractivity contribution in [2.24, 2.45) is 5.73 Å². The zero-order valence-corrected chi connectivity index (χ0v) is 9.06. The first-order valence-electron chi connectivity index (χ1n) is 3.85. The molecule has 0 atom stereocenters. The SMILES string of the molecule is NC(=O)COc1cc(Br)cc([N+](=O)[O-])c1. The summed E-state index contributed by atoms with van der Waals surface area (Å²) in [6, 6.07) is 4.06. The third kappa shape index (κ3) is 3.55. The first-order chi connectivity index (χ1) is 6.99. The summed E-state index contributed by atoms with van der Waals surface area (Å²) in [6.07, 6.45) is 0. The van der Waals surface area contributed by atoms with Gasteiger partial charge in [0.15, 0.2) is 6.61 Å². The molecule has 2 N–H and O–H groups in total. The van der Waals surface area contributed by atoms with Gasteiger partial charge in [-0.15, -0.1) is 0 Å². The van der Waals surface area contributed by atoms with Crippen LogP contribution in [0.2, 0.25) is 0 Å². The van der Waals surface area contributed by atoms with Crippen molar-refractivity contribution in [2.75, 3.05) is 6.61 Å². The van der Waals surface area contributed by atoms with Crippen LogP contribution in [0.25, 0.3) is 0 Å². The van der Waals surface area contributed by atoms with Crippen LogP contribution in [0.1, 0.15) is 0 Å². The Kier molecular flexibility index (Phi) is 3.62. The van der Waals surface area contributed by atoms with Crippen molar-refractivity contribution in [3.8, 4) is 5.75 Å². The number of hydrogen-bond donors (Lipinski definition) is 1. The molecule has 0 radical (unpaired) electrons. The molecule has 0 bridgehead atoms. The lowest BCUT2D eigenvalue weighted by Crippen LogP contribution is -2.20. The number of nitrogens with zero attached hydrogens (tertiary/aromatic N) is 1. The van der Waals surface area contributed by atoms with Gasteiger partial charge in [0.1, 0.15) is 5.75 Å². The van der Waals surface area contributed by atoms with E-state index in [4.69, 9.17) is 10.5 Å². The lowest BCUT2D eigenvalue weighted by Gasteiger charge is -2.03. The highest BCUT2D eigenvalue weighted by atomic mass is 79.9. The predicted molar refractivity (Wildman–Crippen MR) is 55.5 cm³/mol. The second-order valence-electron chi connectivity index (χ2n) is 2.66. The number of halogens is 1. The minimum absolute atomic E-state index is 0.121. The van der Waals surface area contributed by atoms with Gasteiger partial charge in [-0.2, -0.15) is 0 Å². The summed E-state index contributed by atoms with van der Waals surface area (Å²) in [5.41, 5.74) is 4.75. The Balaban J connectivity index is 2.88. The van der Waals surface area contributed by atoms with Gasteiger partial charge >= 0.3 is 0 Å². The van der Waals surface area contributed by atoms with Crippen molar-refractivity contribution < 1.29 is 14.5 Å². The number of nitro benzene ring substituents is 1. The molecule has 0 unspecified atom stereocenters. The fourth-order valence-electron chi connectivity index (χ4n) is 0.891. The Bertz CT molecular complexity index is 408. The van der Waals surface area contributed by atoms with Gasteiger partial charge in [-0.1, -0.05) is 15.9 Å². The summed E-state index contributed by atoms with van der Waals surface area (Å²) in [7, 11) is 0. The lowest BCUT2D eigenvalue weighted by molar-refractivity contribution is -0.385. The molecule has 0 saturated carbocycles. The van der Waals surface area contributed by atoms with Gasteiger partial charge in [0.05, 0.1) is 11.0 Å². The molecule has 0 aromatic heterocycles. The van der Waals surface area contributed by atoms with E-state index in [1.165, 1.54) is 18.2 Å². The molecule has 0 aliphatic rings. The molecule has 1 aromatic carbocycles. The van der Waals surface area contributed by atoms with Crippen LogP contribution in [0, 0.1) is 10.1 Å². The number of rotatable bonds is 4. The van der Waals surface area contributed by atoms with Crippen LogP contribution in [-0.2, 0) is 4.79 Å². The molecule has 0 fully saturated rings. The molecule has 1 rings (SSSR count). The van der Waals surface area contributed by atoms with Gasteiger partial charge in [0.2, 0.25) is 0 Å². The molecule has 0 aliphatic heterocycles. The lowest BCUT2D eigenvalue weighted by atomic mass is 10.3. The molecule has 0 saturated heterocycles. The van der Waals surface area contributed by atoms with Crippen molar-refractivity contribution in [1.29, 1.82) is 0 Å². The molecule has 80 valence electrons. The number of non-ortho nitro benzene ring substituents is 1. The minimum Gasteiger partial charge on any atom is -0.483 e. The maximum atomic E-state index is 10.5. The van der Waals surface area contributed by atoms with Crippen molar-refractivity contribution in [1.82, 2.24) is 0 Å². The van der Waals surface area contributed by atoms with Crippen LogP contribution in [0.3, 0.4) is 0 Å². The fourth-order valence-corrected chi connectivity index (χ4v) is 1.35. The third-order valence-electron chi connectivity index (χ3n) is 1.45. The molecule has 6 nitrogen and oxygen atoms in total. The monoisotopic (exact) mass is 274 g/mol. The van der Waals surface area contributed by atoms with E-state index in [2.05, 4.69) is 15.9 Å². The Morgan fingerprint density at radius 2 is 2.20 bits per heavy atom. The number of benzene rings is 1. The van der Waals surface area contributed by atoms with E-state index in [9.17, 15) is 14.9 Å². The Morgan fingerprint density at radius 3 is 2.73 bits per heavy atom. The van der Waals surface area contributed by atoms with E-state index < -0.39 is 10.8 Å². The molecule has 7 heteroatoms. The van der Waals surface area contributed by atoms with E-state index in [1.54, 1.807) is 0 Å². The van der Waals surface area contributed by atoms with Gasteiger partial charge in [-0.25, -0.2) is 0 Å². The maximum absolute atomic E-state index is 10.5. The molecular formula is C8H7BrN2O4. The standard InChI is InChI=1S/C8H7BrN2O4/c9-5-1-6(11(13)14)3-7(2-5)15-4-8(10)12/h1-3H,4H2,(H2,10,12). The second-order valence-corrected chi connectivity index (χ2v) is 3.57. The predicted octanol–water partition coefficient (Wildman–Crippen LogP) is 1.22. The minimum atomic E-state index is -0.641. The maximum Gasteiger partial charge on any atom is 0.274 e. The fraction of sp³-hybridized carbons (Fsp3) is 0.125. The van der Waals surface area contributed by atoms with Crippen LogP contribution in [0.4, 0.5) is 5.69 Å². The number of hydrogen-bond acceptors (Lipinski definition) is 4. The number of carbonyl (C=O) groups excluding carboxylic acids is 1. The van der Waals surface area contributed by atoms with E-state index in [0.717, 1.165) is 0 Å². The topological polar surface area (TPSA) is 95.5 Å². The van der Waals surface area contributed by atoms with Crippen LogP contribution in [0.15, 0.2) is 22.7 Å². The first kappa shape index (κ1) is 11.4. The van der Waals surface area contributed by atoms with Gasteiger partial charge in [0.25, 0.3) is 11.6 Å². The number of amides is 1. The van der Waals surface area contributed by atoms with Gasteiger partial charge in [-0.3, -0.25) is 14.9 Å². The number of nitrogens with two attached hydrogens (primary N) is 1. The molecule has 1 aromatic rings. The zero-order chi connectivity index (χ0) is 11.4. The van der Waals surface area contributed by atoms with Gasteiger partial charge < -0.3 is 10.5 Å². The first-order valence-corrected chi connectivity index (χ1v) is 4.64. The summed E-state index contributed by atoms with van der Waals surface area (Å²) in [6.45, 7) is -0.312. The molecular weight excluding hydrogens is 268 g/mol. The Morgan fingerprint density at radius 1 is 1.53 bits per heavy atom. The number of carbonyl (C=O) groups is 1.